The minimum absolute atomic E-state index is 0.165. The van der Waals surface area contributed by atoms with E-state index in [1.54, 1.807) is 28.9 Å². The molecule has 2 aromatic rings. The van der Waals surface area contributed by atoms with Crippen LogP contribution in [-0.2, 0) is 6.42 Å². The third-order valence-electron chi connectivity index (χ3n) is 3.31. The van der Waals surface area contributed by atoms with Gasteiger partial charge in [0.05, 0.1) is 5.56 Å². The SMILES string of the molecule is NC1CCCc2nc(-c3ccccc3C(=O)O)nn21. The van der Waals surface area contributed by atoms with Crippen molar-refractivity contribution in [3.63, 3.8) is 0 Å². The number of carbonyl (C=O) groups is 1. The summed E-state index contributed by atoms with van der Waals surface area (Å²) >= 11 is 0. The number of aryl methyl sites for hydroxylation is 1. The van der Waals surface area contributed by atoms with Crippen molar-refractivity contribution in [2.45, 2.75) is 25.4 Å². The molecule has 0 fully saturated rings. The number of aromatic nitrogens is 3. The molecule has 19 heavy (non-hydrogen) atoms. The van der Waals surface area contributed by atoms with Crippen LogP contribution < -0.4 is 5.73 Å². The summed E-state index contributed by atoms with van der Waals surface area (Å²) in [7, 11) is 0. The third kappa shape index (κ3) is 2.00. The highest BCUT2D eigenvalue weighted by Crippen LogP contribution is 2.25. The molecule has 1 aliphatic heterocycles. The molecule has 0 amide bonds. The predicted molar refractivity (Wildman–Crippen MR) is 68.6 cm³/mol. The van der Waals surface area contributed by atoms with E-state index in [9.17, 15) is 9.90 Å². The van der Waals surface area contributed by atoms with Crippen molar-refractivity contribution < 1.29 is 9.90 Å². The Kier molecular flexibility index (Phi) is 2.79. The molecule has 1 atom stereocenters. The monoisotopic (exact) mass is 258 g/mol. The Morgan fingerprint density at radius 3 is 2.95 bits per heavy atom. The molecule has 0 saturated heterocycles. The number of hydrogen-bond acceptors (Lipinski definition) is 4. The van der Waals surface area contributed by atoms with Crippen LogP contribution in [0.2, 0.25) is 0 Å². The normalized spacial score (nSPS) is 18.1. The van der Waals surface area contributed by atoms with Crippen LogP contribution in [0.1, 0.15) is 35.2 Å². The minimum Gasteiger partial charge on any atom is -0.478 e. The molecular weight excluding hydrogens is 244 g/mol. The lowest BCUT2D eigenvalue weighted by Crippen LogP contribution is -2.25. The van der Waals surface area contributed by atoms with Crippen molar-refractivity contribution in [3.05, 3.63) is 35.7 Å². The first-order chi connectivity index (χ1) is 9.16. The molecule has 0 saturated carbocycles. The number of benzene rings is 1. The largest absolute Gasteiger partial charge is 0.478 e. The van der Waals surface area contributed by atoms with Gasteiger partial charge in [0.2, 0.25) is 0 Å². The molecule has 3 N–H and O–H groups in total. The fourth-order valence-corrected chi connectivity index (χ4v) is 2.36. The van der Waals surface area contributed by atoms with E-state index in [2.05, 4.69) is 10.1 Å². The van der Waals surface area contributed by atoms with E-state index in [1.807, 2.05) is 0 Å². The average Bonchev–Trinajstić information content (AvgIpc) is 2.84. The quantitative estimate of drug-likeness (QED) is 0.850. The molecule has 6 nitrogen and oxygen atoms in total. The highest BCUT2D eigenvalue weighted by atomic mass is 16.4. The summed E-state index contributed by atoms with van der Waals surface area (Å²) in [6, 6.07) is 6.74. The van der Waals surface area contributed by atoms with Gasteiger partial charge in [-0.3, -0.25) is 0 Å². The molecule has 6 heteroatoms. The second-order valence-corrected chi connectivity index (χ2v) is 4.61. The zero-order chi connectivity index (χ0) is 13.4. The van der Waals surface area contributed by atoms with Crippen molar-refractivity contribution in [3.8, 4) is 11.4 Å². The fraction of sp³-hybridized carbons (Fsp3) is 0.308. The minimum atomic E-state index is -0.979. The summed E-state index contributed by atoms with van der Waals surface area (Å²) in [5, 5.41) is 13.6. The number of aromatic carboxylic acids is 1. The predicted octanol–water partition coefficient (Wildman–Crippen LogP) is 1.44. The van der Waals surface area contributed by atoms with Crippen LogP contribution in [0.15, 0.2) is 24.3 Å². The maximum absolute atomic E-state index is 11.2. The van der Waals surface area contributed by atoms with Gasteiger partial charge in [0.25, 0.3) is 0 Å². The number of nitrogens with two attached hydrogens (primary N) is 1. The maximum atomic E-state index is 11.2. The molecular formula is C13H14N4O2. The lowest BCUT2D eigenvalue weighted by molar-refractivity contribution is 0.0697. The second kappa shape index (κ2) is 4.47. The number of hydrogen-bond donors (Lipinski definition) is 2. The molecule has 0 aliphatic carbocycles. The molecule has 98 valence electrons. The summed E-state index contributed by atoms with van der Waals surface area (Å²) in [6.45, 7) is 0. The molecule has 1 aromatic heterocycles. The van der Waals surface area contributed by atoms with Gasteiger partial charge in [-0.2, -0.15) is 0 Å². The lowest BCUT2D eigenvalue weighted by Gasteiger charge is -2.18. The average molecular weight is 258 g/mol. The van der Waals surface area contributed by atoms with Crippen molar-refractivity contribution in [1.29, 1.82) is 0 Å². The van der Waals surface area contributed by atoms with Crippen molar-refractivity contribution in [1.82, 2.24) is 14.8 Å². The molecule has 1 unspecified atom stereocenters. The zero-order valence-electron chi connectivity index (χ0n) is 10.3. The number of rotatable bonds is 2. The molecule has 2 heterocycles. The Bertz CT molecular complexity index is 635. The van der Waals surface area contributed by atoms with E-state index < -0.39 is 5.97 Å². The van der Waals surface area contributed by atoms with Gasteiger partial charge in [-0.15, -0.1) is 5.10 Å². The van der Waals surface area contributed by atoms with Gasteiger partial charge in [0, 0.05) is 12.0 Å². The summed E-state index contributed by atoms with van der Waals surface area (Å²) < 4.78 is 1.71. The van der Waals surface area contributed by atoms with E-state index in [0.717, 1.165) is 25.1 Å². The van der Waals surface area contributed by atoms with Gasteiger partial charge < -0.3 is 10.8 Å². The first-order valence-corrected chi connectivity index (χ1v) is 6.20. The Balaban J connectivity index is 2.11. The lowest BCUT2D eigenvalue weighted by atomic mass is 10.1. The van der Waals surface area contributed by atoms with Gasteiger partial charge in [0.1, 0.15) is 12.0 Å². The second-order valence-electron chi connectivity index (χ2n) is 4.61. The Hall–Kier alpha value is -2.21. The summed E-state index contributed by atoms with van der Waals surface area (Å²) in [4.78, 5) is 15.6. The van der Waals surface area contributed by atoms with Crippen LogP contribution in [0.3, 0.4) is 0 Å². The molecule has 0 radical (unpaired) electrons. The van der Waals surface area contributed by atoms with Crippen molar-refractivity contribution in [2.75, 3.05) is 0 Å². The van der Waals surface area contributed by atoms with Crippen LogP contribution in [0.4, 0.5) is 0 Å². The number of carboxylic acids is 1. The topological polar surface area (TPSA) is 94.0 Å². The van der Waals surface area contributed by atoms with E-state index in [4.69, 9.17) is 5.73 Å². The van der Waals surface area contributed by atoms with Crippen LogP contribution in [-0.4, -0.2) is 25.8 Å². The van der Waals surface area contributed by atoms with E-state index in [-0.39, 0.29) is 11.7 Å². The third-order valence-corrected chi connectivity index (χ3v) is 3.31. The highest BCUT2D eigenvalue weighted by Gasteiger charge is 2.22. The summed E-state index contributed by atoms with van der Waals surface area (Å²) in [5.41, 5.74) is 6.72. The molecule has 3 rings (SSSR count). The fourth-order valence-electron chi connectivity index (χ4n) is 2.36. The molecule has 0 spiro atoms. The van der Waals surface area contributed by atoms with Crippen LogP contribution in [0, 0.1) is 0 Å². The van der Waals surface area contributed by atoms with Gasteiger partial charge in [0.15, 0.2) is 5.82 Å². The first-order valence-electron chi connectivity index (χ1n) is 6.20. The van der Waals surface area contributed by atoms with E-state index >= 15 is 0 Å². The van der Waals surface area contributed by atoms with Crippen molar-refractivity contribution in [2.24, 2.45) is 5.73 Å². The smallest absolute Gasteiger partial charge is 0.336 e. The van der Waals surface area contributed by atoms with E-state index in [0.29, 0.717) is 11.4 Å². The first kappa shape index (κ1) is 11.9. The standard InChI is InChI=1S/C13H14N4O2/c14-10-6-3-7-11-15-12(16-17(10)11)8-4-1-2-5-9(8)13(18)19/h1-2,4-5,10H,3,6-7,14H2,(H,18,19). The molecule has 0 bridgehead atoms. The Morgan fingerprint density at radius 1 is 1.42 bits per heavy atom. The molecule has 1 aromatic carbocycles. The van der Waals surface area contributed by atoms with E-state index in [1.165, 1.54) is 0 Å². The van der Waals surface area contributed by atoms with Crippen LogP contribution in [0.25, 0.3) is 11.4 Å². The van der Waals surface area contributed by atoms with Crippen molar-refractivity contribution >= 4 is 5.97 Å². The van der Waals surface area contributed by atoms with Gasteiger partial charge in [-0.25, -0.2) is 14.5 Å². The van der Waals surface area contributed by atoms with Gasteiger partial charge >= 0.3 is 5.97 Å². The maximum Gasteiger partial charge on any atom is 0.336 e. The number of fused-ring (bicyclic) bond motifs is 1. The Labute approximate surface area is 109 Å². The highest BCUT2D eigenvalue weighted by molar-refractivity contribution is 5.94. The van der Waals surface area contributed by atoms with Gasteiger partial charge in [-0.05, 0) is 18.9 Å². The molecule has 1 aliphatic rings. The van der Waals surface area contributed by atoms with Crippen LogP contribution >= 0.6 is 0 Å². The Morgan fingerprint density at radius 2 is 2.21 bits per heavy atom. The summed E-state index contributed by atoms with van der Waals surface area (Å²) in [6.07, 6.45) is 2.52. The number of carboxylic acid groups (broad SMARTS) is 1. The van der Waals surface area contributed by atoms with Crippen LogP contribution in [0.5, 0.6) is 0 Å². The zero-order valence-corrected chi connectivity index (χ0v) is 10.3. The van der Waals surface area contributed by atoms with Gasteiger partial charge in [-0.1, -0.05) is 18.2 Å². The number of nitrogens with zero attached hydrogens (tertiary/aromatic N) is 3. The summed E-state index contributed by atoms with van der Waals surface area (Å²) in [5.74, 6) is 0.284.